The van der Waals surface area contributed by atoms with Crippen LogP contribution in [0.15, 0.2) is 41.3 Å². The molecule has 0 spiro atoms. The molecule has 3 saturated heterocycles. The Morgan fingerprint density at radius 2 is 2.09 bits per heavy atom. The molecular formula is C17H19N3O2. The molecule has 0 aromatic carbocycles. The van der Waals surface area contributed by atoms with Crippen LogP contribution in [0.4, 0.5) is 0 Å². The second kappa shape index (κ2) is 5.57. The van der Waals surface area contributed by atoms with E-state index in [1.165, 1.54) is 0 Å². The molecule has 3 fully saturated rings. The molecule has 0 aliphatic carbocycles. The lowest BCUT2D eigenvalue weighted by molar-refractivity contribution is 0.0684. The highest BCUT2D eigenvalue weighted by molar-refractivity contribution is 5.95. The lowest BCUT2D eigenvalue weighted by Gasteiger charge is -2.31. The maximum atomic E-state index is 12.8. The molecule has 114 valence electrons. The molecule has 5 nitrogen and oxygen atoms in total. The zero-order valence-electron chi connectivity index (χ0n) is 12.4. The van der Waals surface area contributed by atoms with Crippen molar-refractivity contribution in [1.29, 1.82) is 0 Å². The molecule has 5 rings (SSSR count). The normalized spacial score (nSPS) is 24.3. The average Bonchev–Trinajstić information content (AvgIpc) is 2.88. The molecule has 0 atom stereocenters. The van der Waals surface area contributed by atoms with E-state index >= 15 is 0 Å². The van der Waals surface area contributed by atoms with E-state index in [1.54, 1.807) is 18.7 Å². The van der Waals surface area contributed by atoms with E-state index in [-0.39, 0.29) is 5.91 Å². The van der Waals surface area contributed by atoms with Crippen LogP contribution in [0.5, 0.6) is 0 Å². The summed E-state index contributed by atoms with van der Waals surface area (Å²) in [5.41, 5.74) is 1.53. The van der Waals surface area contributed by atoms with Gasteiger partial charge in [0.05, 0.1) is 5.56 Å². The third kappa shape index (κ3) is 2.41. The number of carbonyl (C=O) groups excluding carboxylic acids is 1. The van der Waals surface area contributed by atoms with Crippen LogP contribution in [0.25, 0.3) is 11.3 Å². The van der Waals surface area contributed by atoms with Crippen molar-refractivity contribution in [3.05, 3.63) is 42.4 Å². The summed E-state index contributed by atoms with van der Waals surface area (Å²) in [5.74, 6) is 0.784. The van der Waals surface area contributed by atoms with Crippen molar-refractivity contribution >= 4 is 5.91 Å². The Bertz CT molecular complexity index is 660. The number of hydrogen-bond acceptors (Lipinski definition) is 4. The molecule has 0 N–H and O–H groups in total. The van der Waals surface area contributed by atoms with E-state index in [9.17, 15) is 4.79 Å². The molecule has 0 saturated carbocycles. The van der Waals surface area contributed by atoms with Gasteiger partial charge in [-0.05, 0) is 31.0 Å². The van der Waals surface area contributed by atoms with Crippen molar-refractivity contribution < 1.29 is 9.21 Å². The maximum absolute atomic E-state index is 12.8. The molecule has 3 aliphatic rings. The van der Waals surface area contributed by atoms with Gasteiger partial charge in [0.15, 0.2) is 0 Å². The van der Waals surface area contributed by atoms with Gasteiger partial charge in [-0.3, -0.25) is 9.78 Å². The van der Waals surface area contributed by atoms with Crippen molar-refractivity contribution in [3.8, 4) is 11.3 Å². The van der Waals surface area contributed by atoms with Crippen LogP contribution in [0, 0.1) is 0 Å². The largest absolute Gasteiger partial charge is 0.463 e. The Morgan fingerprint density at radius 1 is 1.23 bits per heavy atom. The van der Waals surface area contributed by atoms with Crippen LogP contribution in [0.2, 0.25) is 0 Å². The van der Waals surface area contributed by atoms with Gasteiger partial charge in [0.2, 0.25) is 0 Å². The fourth-order valence-electron chi connectivity index (χ4n) is 3.43. The Labute approximate surface area is 129 Å². The number of pyridine rings is 1. The first kappa shape index (κ1) is 13.5. The second-order valence-electron chi connectivity index (χ2n) is 6.01. The topological polar surface area (TPSA) is 49.6 Å². The van der Waals surface area contributed by atoms with E-state index in [4.69, 9.17) is 4.42 Å². The second-order valence-corrected chi connectivity index (χ2v) is 6.01. The molecular weight excluding hydrogens is 278 g/mol. The van der Waals surface area contributed by atoms with Gasteiger partial charge in [0, 0.05) is 50.2 Å². The number of aromatic nitrogens is 1. The standard InChI is InChI=1S/C17H19N3O2/c21-17(20-9-8-19-6-3-15(20)4-7-19)14-10-16(22-12-14)13-2-1-5-18-11-13/h1-2,5,10-12,15H,3-4,6-9H2. The molecule has 2 bridgehead atoms. The van der Waals surface area contributed by atoms with Gasteiger partial charge in [-0.1, -0.05) is 0 Å². The van der Waals surface area contributed by atoms with Crippen LogP contribution in [-0.2, 0) is 0 Å². The third-order valence-corrected chi connectivity index (χ3v) is 4.71. The SMILES string of the molecule is O=C(c1coc(-c2cccnc2)c1)N1CCN2CCC1CC2. The minimum absolute atomic E-state index is 0.0904. The molecule has 0 unspecified atom stereocenters. The number of piperidine rings is 1. The first-order valence-electron chi connectivity index (χ1n) is 7.83. The van der Waals surface area contributed by atoms with Gasteiger partial charge >= 0.3 is 0 Å². The summed E-state index contributed by atoms with van der Waals surface area (Å²) in [7, 11) is 0. The quantitative estimate of drug-likeness (QED) is 0.853. The molecule has 2 aromatic heterocycles. The highest BCUT2D eigenvalue weighted by Gasteiger charge is 2.32. The van der Waals surface area contributed by atoms with Crippen molar-refractivity contribution in [2.24, 2.45) is 0 Å². The number of furan rings is 1. The first-order valence-corrected chi connectivity index (χ1v) is 7.83. The summed E-state index contributed by atoms with van der Waals surface area (Å²) in [6.45, 7) is 4.02. The van der Waals surface area contributed by atoms with Crippen molar-refractivity contribution in [2.45, 2.75) is 18.9 Å². The summed E-state index contributed by atoms with van der Waals surface area (Å²) in [5, 5.41) is 0. The smallest absolute Gasteiger partial charge is 0.257 e. The number of carbonyl (C=O) groups is 1. The van der Waals surface area contributed by atoms with E-state index in [2.05, 4.69) is 9.88 Å². The summed E-state index contributed by atoms with van der Waals surface area (Å²) < 4.78 is 5.58. The molecule has 5 heterocycles. The Kier molecular flexibility index (Phi) is 3.42. The van der Waals surface area contributed by atoms with E-state index in [0.29, 0.717) is 17.4 Å². The molecule has 3 aliphatic heterocycles. The van der Waals surface area contributed by atoms with Crippen LogP contribution in [0.3, 0.4) is 0 Å². The van der Waals surface area contributed by atoms with Crippen molar-refractivity contribution in [1.82, 2.24) is 14.8 Å². The van der Waals surface area contributed by atoms with Crippen molar-refractivity contribution in [2.75, 3.05) is 26.2 Å². The average molecular weight is 297 g/mol. The number of rotatable bonds is 2. The summed E-state index contributed by atoms with van der Waals surface area (Å²) in [4.78, 5) is 21.4. The van der Waals surface area contributed by atoms with Crippen LogP contribution in [-0.4, -0.2) is 52.9 Å². The van der Waals surface area contributed by atoms with Gasteiger partial charge < -0.3 is 14.2 Å². The predicted molar refractivity (Wildman–Crippen MR) is 82.4 cm³/mol. The molecule has 22 heavy (non-hydrogen) atoms. The lowest BCUT2D eigenvalue weighted by atomic mass is 10.0. The van der Waals surface area contributed by atoms with Gasteiger partial charge in [0.1, 0.15) is 12.0 Å². The Morgan fingerprint density at radius 3 is 2.86 bits per heavy atom. The summed E-state index contributed by atoms with van der Waals surface area (Å²) in [6, 6.07) is 6.00. The molecule has 2 aromatic rings. The Balaban J connectivity index is 1.57. The third-order valence-electron chi connectivity index (χ3n) is 4.71. The number of amides is 1. The zero-order chi connectivity index (χ0) is 14.9. The van der Waals surface area contributed by atoms with E-state index in [0.717, 1.165) is 44.6 Å². The summed E-state index contributed by atoms with van der Waals surface area (Å²) >= 11 is 0. The van der Waals surface area contributed by atoms with E-state index in [1.807, 2.05) is 23.1 Å². The molecule has 5 heteroatoms. The molecule has 1 amide bonds. The fraction of sp³-hybridized carbons (Fsp3) is 0.412. The first-order chi connectivity index (χ1) is 10.8. The van der Waals surface area contributed by atoms with E-state index < -0.39 is 0 Å². The molecule has 0 radical (unpaired) electrons. The van der Waals surface area contributed by atoms with Crippen molar-refractivity contribution in [3.63, 3.8) is 0 Å². The number of nitrogens with zero attached hydrogens (tertiary/aromatic N) is 3. The zero-order valence-corrected chi connectivity index (χ0v) is 12.4. The van der Waals surface area contributed by atoms with Crippen LogP contribution in [0.1, 0.15) is 23.2 Å². The van der Waals surface area contributed by atoms with Gasteiger partial charge in [0.25, 0.3) is 5.91 Å². The maximum Gasteiger partial charge on any atom is 0.257 e. The van der Waals surface area contributed by atoms with Gasteiger partial charge in [-0.25, -0.2) is 0 Å². The lowest BCUT2D eigenvalue weighted by Crippen LogP contribution is -2.41. The highest BCUT2D eigenvalue weighted by atomic mass is 16.3. The Hall–Kier alpha value is -2.14. The number of hydrogen-bond donors (Lipinski definition) is 0. The minimum atomic E-state index is 0.0904. The predicted octanol–water partition coefficient (Wildman–Crippen LogP) is 2.26. The van der Waals surface area contributed by atoms with Gasteiger partial charge in [-0.2, -0.15) is 0 Å². The highest BCUT2D eigenvalue weighted by Crippen LogP contribution is 2.26. The monoisotopic (exact) mass is 297 g/mol. The fourth-order valence-corrected chi connectivity index (χ4v) is 3.43. The minimum Gasteiger partial charge on any atom is -0.463 e. The van der Waals surface area contributed by atoms with Crippen LogP contribution >= 0.6 is 0 Å². The summed E-state index contributed by atoms with van der Waals surface area (Å²) in [6.07, 6.45) is 7.20. The van der Waals surface area contributed by atoms with Crippen LogP contribution < -0.4 is 0 Å². The van der Waals surface area contributed by atoms with Gasteiger partial charge in [-0.15, -0.1) is 0 Å². The number of fused-ring (bicyclic) bond motifs is 4.